The van der Waals surface area contributed by atoms with Gasteiger partial charge in [0.05, 0.1) is 10.7 Å². The van der Waals surface area contributed by atoms with E-state index in [4.69, 9.17) is 11.6 Å². The van der Waals surface area contributed by atoms with E-state index in [0.717, 1.165) is 10.6 Å². The van der Waals surface area contributed by atoms with Crippen molar-refractivity contribution in [3.05, 3.63) is 101 Å². The first-order chi connectivity index (χ1) is 14.6. The van der Waals surface area contributed by atoms with Gasteiger partial charge >= 0.3 is 0 Å². The second-order valence-electron chi connectivity index (χ2n) is 6.37. The van der Waals surface area contributed by atoms with Gasteiger partial charge in [0.15, 0.2) is 0 Å². The summed E-state index contributed by atoms with van der Waals surface area (Å²) in [5.74, 6) is -0.621. The number of aromatic nitrogens is 1. The average molecular weight is 434 g/mol. The number of carbonyl (C=O) groups excluding carboxylic acids is 2. The van der Waals surface area contributed by atoms with Crippen LogP contribution in [0.25, 0.3) is 10.6 Å². The third-order valence-corrected chi connectivity index (χ3v) is 5.49. The number of amides is 2. The Balaban J connectivity index is 1.49. The molecule has 4 aromatic rings. The van der Waals surface area contributed by atoms with Gasteiger partial charge in [-0.2, -0.15) is 0 Å². The van der Waals surface area contributed by atoms with Gasteiger partial charge in [0.2, 0.25) is 0 Å². The minimum Gasteiger partial charge on any atom is -0.321 e. The first kappa shape index (κ1) is 19.8. The van der Waals surface area contributed by atoms with Crippen molar-refractivity contribution in [2.45, 2.75) is 0 Å². The van der Waals surface area contributed by atoms with E-state index in [-0.39, 0.29) is 11.8 Å². The average Bonchev–Trinajstić information content (AvgIpc) is 3.28. The fraction of sp³-hybridized carbons (Fsp3) is 0. The molecule has 0 saturated heterocycles. The van der Waals surface area contributed by atoms with Crippen LogP contribution in [0.3, 0.4) is 0 Å². The molecule has 7 heteroatoms. The molecule has 0 aliphatic carbocycles. The molecule has 0 fully saturated rings. The molecule has 0 saturated carbocycles. The molecule has 3 aromatic carbocycles. The number of anilines is 2. The third-order valence-electron chi connectivity index (χ3n) is 4.27. The SMILES string of the molecule is O=C(Nc1cc(NC(=O)c2csc(-c3ccccc3)n2)ccc1Cl)c1ccccc1. The molecule has 1 heterocycles. The summed E-state index contributed by atoms with van der Waals surface area (Å²) >= 11 is 7.62. The molecule has 2 N–H and O–H groups in total. The molecule has 4 rings (SSSR count). The number of thiazole rings is 1. The second-order valence-corrected chi connectivity index (χ2v) is 7.64. The van der Waals surface area contributed by atoms with Gasteiger partial charge in [-0.3, -0.25) is 9.59 Å². The van der Waals surface area contributed by atoms with Crippen LogP contribution >= 0.6 is 22.9 Å². The molecule has 0 radical (unpaired) electrons. The predicted molar refractivity (Wildman–Crippen MR) is 121 cm³/mol. The largest absolute Gasteiger partial charge is 0.321 e. The molecular formula is C23H16ClN3O2S. The molecule has 2 amide bonds. The van der Waals surface area contributed by atoms with Crippen molar-refractivity contribution in [3.63, 3.8) is 0 Å². The van der Waals surface area contributed by atoms with Crippen LogP contribution in [-0.2, 0) is 0 Å². The highest BCUT2D eigenvalue weighted by atomic mass is 35.5. The smallest absolute Gasteiger partial charge is 0.275 e. The van der Waals surface area contributed by atoms with Crippen molar-refractivity contribution in [1.82, 2.24) is 4.98 Å². The third kappa shape index (κ3) is 4.56. The molecule has 0 bridgehead atoms. The van der Waals surface area contributed by atoms with Crippen molar-refractivity contribution in [2.24, 2.45) is 0 Å². The van der Waals surface area contributed by atoms with Gasteiger partial charge in [0, 0.05) is 22.2 Å². The Morgan fingerprint density at radius 2 is 1.53 bits per heavy atom. The van der Waals surface area contributed by atoms with Crippen LogP contribution in [0.1, 0.15) is 20.8 Å². The number of carbonyl (C=O) groups is 2. The van der Waals surface area contributed by atoms with Crippen LogP contribution in [0.5, 0.6) is 0 Å². The van der Waals surface area contributed by atoms with Gasteiger partial charge in [-0.15, -0.1) is 11.3 Å². The lowest BCUT2D eigenvalue weighted by Crippen LogP contribution is -2.14. The summed E-state index contributed by atoms with van der Waals surface area (Å²) in [6.45, 7) is 0. The van der Waals surface area contributed by atoms with Gasteiger partial charge in [0.1, 0.15) is 10.7 Å². The van der Waals surface area contributed by atoms with Crippen LogP contribution in [0, 0.1) is 0 Å². The maximum absolute atomic E-state index is 12.6. The van der Waals surface area contributed by atoms with Crippen molar-refractivity contribution in [1.29, 1.82) is 0 Å². The van der Waals surface area contributed by atoms with Crippen LogP contribution in [-0.4, -0.2) is 16.8 Å². The van der Waals surface area contributed by atoms with Crippen molar-refractivity contribution in [2.75, 3.05) is 10.6 Å². The van der Waals surface area contributed by atoms with E-state index >= 15 is 0 Å². The molecule has 30 heavy (non-hydrogen) atoms. The van der Waals surface area contributed by atoms with E-state index in [1.165, 1.54) is 11.3 Å². The van der Waals surface area contributed by atoms with Crippen LogP contribution < -0.4 is 10.6 Å². The second kappa shape index (κ2) is 8.90. The fourth-order valence-electron chi connectivity index (χ4n) is 2.77. The number of halogens is 1. The predicted octanol–water partition coefficient (Wildman–Crippen LogP) is 5.97. The highest BCUT2D eigenvalue weighted by Crippen LogP contribution is 2.27. The number of nitrogens with zero attached hydrogens (tertiary/aromatic N) is 1. The van der Waals surface area contributed by atoms with Crippen molar-refractivity contribution in [3.8, 4) is 10.6 Å². The minimum absolute atomic E-state index is 0.284. The standard InChI is InChI=1S/C23H16ClN3O2S/c24-18-12-11-17(13-19(18)26-21(28)15-7-3-1-4-8-15)25-22(29)20-14-30-23(27-20)16-9-5-2-6-10-16/h1-14H,(H,25,29)(H,26,28). The van der Waals surface area contributed by atoms with Gasteiger partial charge in [-0.1, -0.05) is 60.1 Å². The lowest BCUT2D eigenvalue weighted by atomic mass is 10.2. The lowest BCUT2D eigenvalue weighted by molar-refractivity contribution is 0.101. The maximum Gasteiger partial charge on any atom is 0.275 e. The molecular weight excluding hydrogens is 418 g/mol. The number of nitrogens with one attached hydrogen (secondary N) is 2. The first-order valence-electron chi connectivity index (χ1n) is 9.08. The van der Waals surface area contributed by atoms with Crippen LogP contribution in [0.15, 0.2) is 84.2 Å². The Hall–Kier alpha value is -3.48. The topological polar surface area (TPSA) is 71.1 Å². The Morgan fingerprint density at radius 1 is 0.833 bits per heavy atom. The Kier molecular flexibility index (Phi) is 5.88. The molecule has 0 atom stereocenters. The first-order valence-corrected chi connectivity index (χ1v) is 10.3. The zero-order valence-electron chi connectivity index (χ0n) is 15.6. The molecule has 148 valence electrons. The molecule has 1 aromatic heterocycles. The van der Waals surface area contributed by atoms with Gasteiger partial charge in [-0.05, 0) is 30.3 Å². The Morgan fingerprint density at radius 3 is 2.27 bits per heavy atom. The molecule has 5 nitrogen and oxygen atoms in total. The van der Waals surface area contributed by atoms with Crippen molar-refractivity contribution < 1.29 is 9.59 Å². The minimum atomic E-state index is -0.337. The molecule has 0 unspecified atom stereocenters. The number of benzene rings is 3. The summed E-state index contributed by atoms with van der Waals surface area (Å²) in [5, 5.41) is 8.43. The van der Waals surface area contributed by atoms with Crippen LogP contribution in [0.4, 0.5) is 11.4 Å². The van der Waals surface area contributed by atoms with E-state index in [1.807, 2.05) is 36.4 Å². The van der Waals surface area contributed by atoms with Crippen molar-refractivity contribution >= 4 is 46.1 Å². The molecule has 0 spiro atoms. The highest BCUT2D eigenvalue weighted by Gasteiger charge is 2.14. The zero-order chi connectivity index (χ0) is 20.9. The summed E-state index contributed by atoms with van der Waals surface area (Å²) in [6, 6.07) is 23.4. The lowest BCUT2D eigenvalue weighted by Gasteiger charge is -2.10. The number of hydrogen-bond donors (Lipinski definition) is 2. The number of rotatable bonds is 5. The summed E-state index contributed by atoms with van der Waals surface area (Å²) in [6.07, 6.45) is 0. The number of hydrogen-bond acceptors (Lipinski definition) is 4. The van der Waals surface area contributed by atoms with Gasteiger partial charge < -0.3 is 10.6 Å². The Bertz CT molecular complexity index is 1190. The summed E-state index contributed by atoms with van der Waals surface area (Å²) in [4.78, 5) is 29.4. The van der Waals surface area contributed by atoms with E-state index < -0.39 is 0 Å². The molecule has 0 aliphatic heterocycles. The molecule has 0 aliphatic rings. The maximum atomic E-state index is 12.6. The van der Waals surface area contributed by atoms with E-state index in [9.17, 15) is 9.59 Å². The highest BCUT2D eigenvalue weighted by molar-refractivity contribution is 7.13. The van der Waals surface area contributed by atoms with Gasteiger partial charge in [-0.25, -0.2) is 4.98 Å². The van der Waals surface area contributed by atoms with Gasteiger partial charge in [0.25, 0.3) is 11.8 Å². The van der Waals surface area contributed by atoms with E-state index in [2.05, 4.69) is 15.6 Å². The summed E-state index contributed by atoms with van der Waals surface area (Å²) < 4.78 is 0. The van der Waals surface area contributed by atoms with Crippen LogP contribution in [0.2, 0.25) is 5.02 Å². The Labute approximate surface area is 182 Å². The zero-order valence-corrected chi connectivity index (χ0v) is 17.2. The fourth-order valence-corrected chi connectivity index (χ4v) is 3.74. The monoisotopic (exact) mass is 433 g/mol. The summed E-state index contributed by atoms with van der Waals surface area (Å²) in [7, 11) is 0. The van der Waals surface area contributed by atoms with E-state index in [0.29, 0.717) is 27.7 Å². The van der Waals surface area contributed by atoms with E-state index in [1.54, 1.807) is 47.8 Å². The summed E-state index contributed by atoms with van der Waals surface area (Å²) in [5.41, 5.74) is 2.70. The quantitative estimate of drug-likeness (QED) is 0.407. The normalized spacial score (nSPS) is 10.4.